The fourth-order valence-corrected chi connectivity index (χ4v) is 2.00. The third-order valence-corrected chi connectivity index (χ3v) is 3.21. The summed E-state index contributed by atoms with van der Waals surface area (Å²) in [5, 5.41) is 7.20. The van der Waals surface area contributed by atoms with E-state index in [0.29, 0.717) is 5.71 Å². The van der Waals surface area contributed by atoms with Crippen LogP contribution >= 0.6 is 0 Å². The Morgan fingerprint density at radius 2 is 2.13 bits per heavy atom. The lowest BCUT2D eigenvalue weighted by Crippen LogP contribution is -2.29. The van der Waals surface area contributed by atoms with Crippen LogP contribution in [0.15, 0.2) is 34.5 Å². The number of carbonyl (C=O) groups is 2. The number of benzene rings is 1. The summed E-state index contributed by atoms with van der Waals surface area (Å²) in [6, 6.07) is 4.85. The van der Waals surface area contributed by atoms with Gasteiger partial charge in [0.15, 0.2) is 0 Å². The summed E-state index contributed by atoms with van der Waals surface area (Å²) in [4.78, 5) is 23.1. The van der Waals surface area contributed by atoms with E-state index in [1.54, 1.807) is 6.92 Å². The molecule has 1 heterocycles. The number of hydrazone groups is 2. The molecule has 1 aliphatic heterocycles. The van der Waals surface area contributed by atoms with Gasteiger partial charge in [-0.2, -0.15) is 23.4 Å². The molecule has 0 bridgehead atoms. The monoisotopic (exact) mass is 326 g/mol. The first-order valence-corrected chi connectivity index (χ1v) is 6.61. The van der Waals surface area contributed by atoms with Gasteiger partial charge in [-0.15, -0.1) is 0 Å². The minimum Gasteiger partial charge on any atom is -0.273 e. The second-order valence-corrected chi connectivity index (χ2v) is 4.86. The van der Waals surface area contributed by atoms with Crippen molar-refractivity contribution in [2.45, 2.75) is 19.5 Å². The van der Waals surface area contributed by atoms with Crippen LogP contribution in [-0.2, 0) is 15.8 Å². The summed E-state index contributed by atoms with van der Waals surface area (Å²) in [5.41, 5.74) is 3.79. The number of hydrogen-bond acceptors (Lipinski definition) is 4. The van der Waals surface area contributed by atoms with Gasteiger partial charge in [-0.1, -0.05) is 18.2 Å². The van der Waals surface area contributed by atoms with Crippen LogP contribution in [0, 0.1) is 5.92 Å². The van der Waals surface area contributed by atoms with Gasteiger partial charge >= 0.3 is 6.18 Å². The second kappa shape index (κ2) is 6.59. The van der Waals surface area contributed by atoms with Crippen LogP contribution in [0.4, 0.5) is 13.2 Å². The first-order valence-electron chi connectivity index (χ1n) is 6.61. The Labute approximate surface area is 129 Å². The van der Waals surface area contributed by atoms with Gasteiger partial charge < -0.3 is 0 Å². The lowest BCUT2D eigenvalue weighted by molar-refractivity contribution is -0.137. The van der Waals surface area contributed by atoms with Crippen molar-refractivity contribution >= 4 is 23.7 Å². The predicted octanol–water partition coefficient (Wildman–Crippen LogP) is 1.67. The first kappa shape index (κ1) is 16.7. The minimum absolute atomic E-state index is 0.170. The maximum absolute atomic E-state index is 12.8. The summed E-state index contributed by atoms with van der Waals surface area (Å²) < 4.78 is 38.4. The molecular formula is C14H13F3N4O2. The van der Waals surface area contributed by atoms with Crippen LogP contribution in [0.1, 0.15) is 24.5 Å². The largest absolute Gasteiger partial charge is 0.417 e. The zero-order valence-corrected chi connectivity index (χ0v) is 12.0. The van der Waals surface area contributed by atoms with Gasteiger partial charge in [0.25, 0.3) is 0 Å². The first-order chi connectivity index (χ1) is 10.8. The molecule has 0 saturated carbocycles. The Morgan fingerprint density at radius 3 is 2.74 bits per heavy atom. The summed E-state index contributed by atoms with van der Waals surface area (Å²) >= 11 is 0. The van der Waals surface area contributed by atoms with Crippen LogP contribution < -0.4 is 10.9 Å². The molecule has 1 unspecified atom stereocenters. The molecule has 0 aliphatic carbocycles. The smallest absolute Gasteiger partial charge is 0.273 e. The Kier molecular flexibility index (Phi) is 4.77. The van der Waals surface area contributed by atoms with E-state index >= 15 is 0 Å². The lowest BCUT2D eigenvalue weighted by Gasteiger charge is -2.09. The number of amides is 2. The van der Waals surface area contributed by atoms with E-state index in [9.17, 15) is 22.8 Å². The number of alkyl halides is 3. The molecule has 1 aromatic rings. The highest BCUT2D eigenvalue weighted by molar-refractivity contribution is 6.09. The molecule has 1 aromatic carbocycles. The van der Waals surface area contributed by atoms with Crippen LogP contribution in [-0.4, -0.2) is 23.7 Å². The van der Waals surface area contributed by atoms with Gasteiger partial charge in [0, 0.05) is 17.7 Å². The van der Waals surface area contributed by atoms with E-state index in [0.717, 1.165) is 12.3 Å². The lowest BCUT2D eigenvalue weighted by atomic mass is 10.0. The maximum Gasteiger partial charge on any atom is 0.417 e. The molecule has 0 fully saturated rings. The molecule has 1 aliphatic rings. The van der Waals surface area contributed by atoms with Gasteiger partial charge in [-0.05, 0) is 13.0 Å². The van der Waals surface area contributed by atoms with Crippen LogP contribution in [0.5, 0.6) is 0 Å². The number of halogens is 3. The highest BCUT2D eigenvalue weighted by Gasteiger charge is 2.32. The number of rotatable bonds is 4. The summed E-state index contributed by atoms with van der Waals surface area (Å²) in [6.07, 6.45) is -3.78. The Bertz CT molecular complexity index is 683. The number of carbonyl (C=O) groups excluding carboxylic acids is 2. The van der Waals surface area contributed by atoms with Crippen molar-refractivity contribution in [3.8, 4) is 0 Å². The Morgan fingerprint density at radius 1 is 1.43 bits per heavy atom. The minimum atomic E-state index is -4.51. The quantitative estimate of drug-likeness (QED) is 0.652. The van der Waals surface area contributed by atoms with E-state index in [1.807, 2.05) is 0 Å². The molecule has 0 spiro atoms. The average molecular weight is 326 g/mol. The average Bonchev–Trinajstić information content (AvgIpc) is 2.78. The topological polar surface area (TPSA) is 82.9 Å². The molecule has 0 aromatic heterocycles. The maximum atomic E-state index is 12.8. The number of hydrogen-bond donors (Lipinski definition) is 2. The Balaban J connectivity index is 1.99. The van der Waals surface area contributed by atoms with Gasteiger partial charge in [-0.25, -0.2) is 10.9 Å². The fourth-order valence-electron chi connectivity index (χ4n) is 2.00. The number of nitrogens with one attached hydrogen (secondary N) is 2. The zero-order chi connectivity index (χ0) is 17.0. The van der Waals surface area contributed by atoms with Crippen molar-refractivity contribution in [1.82, 2.24) is 10.9 Å². The third-order valence-electron chi connectivity index (χ3n) is 3.21. The fraction of sp³-hybridized carbons (Fsp3) is 0.286. The van der Waals surface area contributed by atoms with Gasteiger partial charge in [0.1, 0.15) is 0 Å². The molecule has 0 radical (unpaired) electrons. The summed E-state index contributed by atoms with van der Waals surface area (Å²) in [5.74, 6) is -1.68. The molecule has 0 saturated heterocycles. The van der Waals surface area contributed by atoms with Crippen molar-refractivity contribution in [1.29, 1.82) is 0 Å². The standard InChI is InChI=1S/C14H13F3N4O2/c1-8-10(13(23)21-19-8)6-12(22)20-18-7-9-4-2-3-5-11(9)14(15,16)17/h2-5,7,10H,6H2,1H3,(H,20,22)(H,21,23). The van der Waals surface area contributed by atoms with Gasteiger partial charge in [-0.3, -0.25) is 9.59 Å². The molecule has 2 amide bonds. The summed E-state index contributed by atoms with van der Waals surface area (Å²) in [6.45, 7) is 1.60. The van der Waals surface area contributed by atoms with Crippen LogP contribution in [0.3, 0.4) is 0 Å². The highest BCUT2D eigenvalue weighted by atomic mass is 19.4. The third kappa shape index (κ3) is 4.15. The van der Waals surface area contributed by atoms with E-state index in [1.165, 1.54) is 18.2 Å². The van der Waals surface area contributed by atoms with Gasteiger partial charge in [0.2, 0.25) is 11.8 Å². The second-order valence-electron chi connectivity index (χ2n) is 4.86. The number of nitrogens with zero attached hydrogens (tertiary/aromatic N) is 2. The molecule has 122 valence electrons. The molecule has 2 N–H and O–H groups in total. The molecular weight excluding hydrogens is 313 g/mol. The van der Waals surface area contributed by atoms with Crippen molar-refractivity contribution in [2.75, 3.05) is 0 Å². The van der Waals surface area contributed by atoms with E-state index in [2.05, 4.69) is 21.1 Å². The van der Waals surface area contributed by atoms with E-state index in [4.69, 9.17) is 0 Å². The zero-order valence-electron chi connectivity index (χ0n) is 12.0. The van der Waals surface area contributed by atoms with Crippen molar-refractivity contribution in [3.63, 3.8) is 0 Å². The molecule has 2 rings (SSSR count). The molecule has 9 heteroatoms. The van der Waals surface area contributed by atoms with Crippen molar-refractivity contribution < 1.29 is 22.8 Å². The van der Waals surface area contributed by atoms with Crippen LogP contribution in [0.2, 0.25) is 0 Å². The highest BCUT2D eigenvalue weighted by Crippen LogP contribution is 2.31. The molecule has 6 nitrogen and oxygen atoms in total. The Hall–Kier alpha value is -2.71. The van der Waals surface area contributed by atoms with E-state index < -0.39 is 29.5 Å². The molecule has 23 heavy (non-hydrogen) atoms. The van der Waals surface area contributed by atoms with Crippen molar-refractivity contribution in [3.05, 3.63) is 35.4 Å². The van der Waals surface area contributed by atoms with E-state index in [-0.39, 0.29) is 12.0 Å². The SMILES string of the molecule is CC1=NNC(=O)C1CC(=O)NN=Cc1ccccc1C(F)(F)F. The molecule has 1 atom stereocenters. The van der Waals surface area contributed by atoms with Crippen LogP contribution in [0.25, 0.3) is 0 Å². The normalized spacial score (nSPS) is 18.0. The predicted molar refractivity (Wildman–Crippen MR) is 76.5 cm³/mol. The van der Waals surface area contributed by atoms with Gasteiger partial charge in [0.05, 0.1) is 17.7 Å². The summed E-state index contributed by atoms with van der Waals surface area (Å²) in [7, 11) is 0. The van der Waals surface area contributed by atoms with Crippen molar-refractivity contribution in [2.24, 2.45) is 16.1 Å².